The van der Waals surface area contributed by atoms with Crippen molar-refractivity contribution in [3.05, 3.63) is 59.9 Å². The minimum absolute atomic E-state index is 0.0247. The number of halogens is 1. The van der Waals surface area contributed by atoms with Crippen LogP contribution in [0.2, 0.25) is 0 Å². The van der Waals surface area contributed by atoms with Gasteiger partial charge in [-0.1, -0.05) is 38.0 Å². The van der Waals surface area contributed by atoms with Gasteiger partial charge in [0.15, 0.2) is 0 Å². The molecule has 1 heterocycles. The van der Waals surface area contributed by atoms with Gasteiger partial charge in [-0.3, -0.25) is 0 Å². The maximum absolute atomic E-state index is 14.3. The van der Waals surface area contributed by atoms with Crippen molar-refractivity contribution < 1.29 is 21.2 Å². The molecule has 1 atom stereocenters. The highest BCUT2D eigenvalue weighted by atomic mass is 32.2. The Labute approximate surface area is 196 Å². The van der Waals surface area contributed by atoms with Crippen molar-refractivity contribution in [2.75, 3.05) is 13.1 Å². The topological polar surface area (TPSA) is 74.8 Å². The second-order valence-corrected chi connectivity index (χ2v) is 13.0. The van der Waals surface area contributed by atoms with Crippen molar-refractivity contribution in [3.8, 4) is 0 Å². The molecule has 2 aromatic rings. The van der Waals surface area contributed by atoms with Crippen molar-refractivity contribution >= 4 is 20.0 Å². The smallest absolute Gasteiger partial charge is 0.207 e. The Kier molecular flexibility index (Phi) is 7.23. The Morgan fingerprint density at radius 1 is 0.909 bits per heavy atom. The van der Waals surface area contributed by atoms with Gasteiger partial charge in [-0.15, -0.1) is 0 Å². The number of benzene rings is 2. The minimum atomic E-state index is -3.94. The van der Waals surface area contributed by atoms with Gasteiger partial charge >= 0.3 is 0 Å². The van der Waals surface area contributed by atoms with Crippen LogP contribution in [0.5, 0.6) is 0 Å². The molecule has 1 saturated heterocycles. The fourth-order valence-corrected chi connectivity index (χ4v) is 8.09. The van der Waals surface area contributed by atoms with E-state index >= 15 is 0 Å². The molecule has 1 saturated carbocycles. The van der Waals surface area contributed by atoms with E-state index in [-0.39, 0.29) is 22.4 Å². The molecule has 33 heavy (non-hydrogen) atoms. The zero-order valence-corrected chi connectivity index (χ0v) is 20.5. The molecule has 1 aliphatic heterocycles. The molecule has 2 fully saturated rings. The monoisotopic (exact) mass is 494 g/mol. The normalized spacial score (nSPS) is 21.0. The van der Waals surface area contributed by atoms with Crippen LogP contribution < -0.4 is 0 Å². The Morgan fingerprint density at radius 3 is 2.18 bits per heavy atom. The second-order valence-electron chi connectivity index (χ2n) is 9.16. The Balaban J connectivity index is 1.62. The van der Waals surface area contributed by atoms with Crippen LogP contribution >= 0.6 is 0 Å². The summed E-state index contributed by atoms with van der Waals surface area (Å²) in [4.78, 5) is 0.119. The maximum atomic E-state index is 14.3. The fraction of sp³-hybridized carbons (Fsp3) is 0.500. The summed E-state index contributed by atoms with van der Waals surface area (Å²) in [5, 5.41) is 0. The summed E-state index contributed by atoms with van der Waals surface area (Å²) in [6, 6.07) is 11.5. The van der Waals surface area contributed by atoms with Crippen molar-refractivity contribution in [3.63, 3.8) is 0 Å². The van der Waals surface area contributed by atoms with Crippen molar-refractivity contribution in [2.45, 2.75) is 67.8 Å². The lowest BCUT2D eigenvalue weighted by atomic mass is 10.0. The molecule has 0 bridgehead atoms. The quantitative estimate of drug-likeness (QED) is 0.573. The average Bonchev–Trinajstić information content (AvgIpc) is 3.33. The largest absolute Gasteiger partial charge is 0.243 e. The van der Waals surface area contributed by atoms with E-state index in [1.807, 2.05) is 6.92 Å². The van der Waals surface area contributed by atoms with Crippen LogP contribution in [-0.2, 0) is 26.6 Å². The van der Waals surface area contributed by atoms with Gasteiger partial charge in [-0.25, -0.2) is 21.2 Å². The summed E-state index contributed by atoms with van der Waals surface area (Å²) in [7, 11) is -7.61. The van der Waals surface area contributed by atoms with E-state index in [9.17, 15) is 21.2 Å². The van der Waals surface area contributed by atoms with Gasteiger partial charge in [0, 0.05) is 31.2 Å². The van der Waals surface area contributed by atoms with Crippen molar-refractivity contribution in [1.82, 2.24) is 8.61 Å². The van der Waals surface area contributed by atoms with Gasteiger partial charge < -0.3 is 0 Å². The standard InChI is InChI=1S/C24H31FN2O4S2/c1-19-7-6-16-26(17-19)32(28,29)22-12-14-23(15-13-22)33(30,31)27(21-9-3-4-10-21)18-20-8-2-5-11-24(20)25/h2,5,8,11-15,19,21H,3-4,6-7,9-10,16-18H2,1H3/t19-/m0/s1. The van der Waals surface area contributed by atoms with Gasteiger partial charge in [0.25, 0.3) is 0 Å². The molecular formula is C24H31FN2O4S2. The average molecular weight is 495 g/mol. The van der Waals surface area contributed by atoms with Gasteiger partial charge in [0.2, 0.25) is 20.0 Å². The lowest BCUT2D eigenvalue weighted by molar-refractivity contribution is 0.281. The van der Waals surface area contributed by atoms with E-state index in [4.69, 9.17) is 0 Å². The van der Waals surface area contributed by atoms with E-state index < -0.39 is 25.9 Å². The van der Waals surface area contributed by atoms with Crippen LogP contribution in [0.15, 0.2) is 58.3 Å². The highest BCUT2D eigenvalue weighted by Gasteiger charge is 2.35. The van der Waals surface area contributed by atoms with Crippen LogP contribution in [0.1, 0.15) is 51.0 Å². The third kappa shape index (κ3) is 5.16. The third-order valence-corrected chi connectivity index (χ3v) is 10.5. The number of sulfonamides is 2. The van der Waals surface area contributed by atoms with Crippen molar-refractivity contribution in [2.24, 2.45) is 5.92 Å². The van der Waals surface area contributed by atoms with Gasteiger partial charge in [0.1, 0.15) is 5.82 Å². The summed E-state index contributed by atoms with van der Waals surface area (Å²) < 4.78 is 70.4. The van der Waals surface area contributed by atoms with Crippen LogP contribution in [0.4, 0.5) is 4.39 Å². The molecule has 0 amide bonds. The molecule has 9 heteroatoms. The van der Waals surface area contributed by atoms with Crippen molar-refractivity contribution in [1.29, 1.82) is 0 Å². The number of nitrogens with zero attached hydrogens (tertiary/aromatic N) is 2. The molecule has 180 valence electrons. The molecule has 0 spiro atoms. The molecule has 1 aliphatic carbocycles. The predicted octanol–water partition coefficient (Wildman–Crippen LogP) is 4.38. The fourth-order valence-electron chi connectivity index (χ4n) is 4.83. The van der Waals surface area contributed by atoms with Crippen LogP contribution in [-0.4, -0.2) is 44.6 Å². The van der Waals surface area contributed by atoms with E-state index in [2.05, 4.69) is 0 Å². The molecule has 4 rings (SSSR count). The summed E-state index contributed by atoms with van der Waals surface area (Å²) in [6.07, 6.45) is 5.14. The molecule has 0 N–H and O–H groups in total. The maximum Gasteiger partial charge on any atom is 0.243 e. The molecule has 2 aliphatic rings. The van der Waals surface area contributed by atoms with Crippen LogP contribution in [0.3, 0.4) is 0 Å². The third-order valence-electron chi connectivity index (χ3n) is 6.70. The first-order valence-electron chi connectivity index (χ1n) is 11.5. The summed E-state index contributed by atoms with van der Waals surface area (Å²) in [5.41, 5.74) is 0.325. The van der Waals surface area contributed by atoms with Gasteiger partial charge in [-0.2, -0.15) is 8.61 Å². The minimum Gasteiger partial charge on any atom is -0.207 e. The second kappa shape index (κ2) is 9.82. The van der Waals surface area contributed by atoms with Gasteiger partial charge in [-0.05, 0) is 61.9 Å². The number of rotatable bonds is 7. The SMILES string of the molecule is C[C@H]1CCCN(S(=O)(=O)c2ccc(S(=O)(=O)N(Cc3ccccc3F)C3CCCC3)cc2)C1. The van der Waals surface area contributed by atoms with E-state index in [0.29, 0.717) is 24.6 Å². The number of hydrogen-bond donors (Lipinski definition) is 0. The first-order chi connectivity index (χ1) is 15.7. The molecule has 0 aromatic heterocycles. The number of hydrogen-bond acceptors (Lipinski definition) is 4. The first kappa shape index (κ1) is 24.3. The Hall–Kier alpha value is -1.81. The lowest BCUT2D eigenvalue weighted by Gasteiger charge is -2.30. The number of piperidine rings is 1. The predicted molar refractivity (Wildman–Crippen MR) is 125 cm³/mol. The van der Waals surface area contributed by atoms with Crippen LogP contribution in [0, 0.1) is 11.7 Å². The summed E-state index contributed by atoms with van der Waals surface area (Å²) in [6.45, 7) is 2.93. The molecule has 0 unspecified atom stereocenters. The molecule has 6 nitrogen and oxygen atoms in total. The van der Waals surface area contributed by atoms with Crippen LogP contribution in [0.25, 0.3) is 0 Å². The highest BCUT2D eigenvalue weighted by molar-refractivity contribution is 7.89. The first-order valence-corrected chi connectivity index (χ1v) is 14.4. The van der Waals surface area contributed by atoms with Gasteiger partial charge in [0.05, 0.1) is 9.79 Å². The molecule has 2 aromatic carbocycles. The zero-order chi connectivity index (χ0) is 23.6. The lowest BCUT2D eigenvalue weighted by Crippen LogP contribution is -2.39. The molecular weight excluding hydrogens is 463 g/mol. The Bertz CT molecular complexity index is 1180. The van der Waals surface area contributed by atoms with E-state index in [1.165, 1.54) is 38.9 Å². The zero-order valence-electron chi connectivity index (χ0n) is 18.9. The summed E-state index contributed by atoms with van der Waals surface area (Å²) >= 11 is 0. The Morgan fingerprint density at radius 2 is 1.55 bits per heavy atom. The highest BCUT2D eigenvalue weighted by Crippen LogP contribution is 2.31. The van der Waals surface area contributed by atoms with E-state index in [0.717, 1.165) is 38.5 Å². The summed E-state index contributed by atoms with van der Waals surface area (Å²) in [5.74, 6) is -0.139. The van der Waals surface area contributed by atoms with E-state index in [1.54, 1.807) is 18.2 Å². The molecule has 0 radical (unpaired) electrons.